The van der Waals surface area contributed by atoms with Crippen molar-refractivity contribution in [3.05, 3.63) is 21.4 Å². The lowest BCUT2D eigenvalue weighted by atomic mass is 10.1. The van der Waals surface area contributed by atoms with E-state index in [1.54, 1.807) is 0 Å². The van der Waals surface area contributed by atoms with Gasteiger partial charge in [0.05, 0.1) is 8.23 Å². The van der Waals surface area contributed by atoms with E-state index in [4.69, 9.17) is 26.1 Å². The normalized spacial score (nSPS) is 41.0. The van der Waals surface area contributed by atoms with Crippen molar-refractivity contribution >= 4 is 27.6 Å². The van der Waals surface area contributed by atoms with Gasteiger partial charge in [-0.3, -0.25) is 14.2 Å². The Morgan fingerprint density at radius 3 is 3.23 bits per heavy atom. The summed E-state index contributed by atoms with van der Waals surface area (Å²) in [5.41, 5.74) is -3.99. The number of fused-ring (bicyclic) bond motifs is 1. The Balaban J connectivity index is 2.12. The van der Waals surface area contributed by atoms with E-state index in [-0.39, 0.29) is 14.8 Å². The SMILES string of the molecule is [2H]Oc1c(C(=O)N([2H])C([2H])CC([2H])N2C([2H])([2H])C([2H])([2H])C([2H])([2H])C([2H])([2H])C2([2H])[2H])c(=O)n(C([2H])(C)C([2H])([2H])[2H])c2sc([2H])nc12. The molecule has 0 radical (unpaired) electrons. The molecule has 1 amide bonds. The van der Waals surface area contributed by atoms with Crippen molar-refractivity contribution in [3.8, 4) is 5.75 Å². The number of aromatic hydroxyl groups is 1. The van der Waals surface area contributed by atoms with Crippen LogP contribution in [0.1, 0.15) is 79.0 Å². The number of carbonyl (C=O) groups is 1. The van der Waals surface area contributed by atoms with Crippen LogP contribution in [0.5, 0.6) is 5.75 Å². The molecule has 0 aliphatic carbocycles. The van der Waals surface area contributed by atoms with Gasteiger partial charge in [0.25, 0.3) is 12.9 Å². The summed E-state index contributed by atoms with van der Waals surface area (Å²) >= 11 is 0.411. The predicted octanol–water partition coefficient (Wildman–Crippen LogP) is 2.35. The number of pyridine rings is 1. The van der Waals surface area contributed by atoms with Gasteiger partial charge in [-0.1, -0.05) is 6.37 Å². The first-order valence-corrected chi connectivity index (χ1v) is 7.96. The minimum Gasteiger partial charge on any atom is -0.505 e. The molecule has 3 heterocycles. The zero-order valence-electron chi connectivity index (χ0n) is 32.3. The van der Waals surface area contributed by atoms with Crippen LogP contribution in [0.3, 0.4) is 0 Å². The molecule has 3 atom stereocenters. The smallest absolute Gasteiger partial charge is 0.293 e. The zero-order valence-corrected chi connectivity index (χ0v) is 14.1. The lowest BCUT2D eigenvalue weighted by molar-refractivity contribution is 0.0946. The first kappa shape index (κ1) is 6.31. The summed E-state index contributed by atoms with van der Waals surface area (Å²) in [7, 11) is 0. The molecule has 0 spiro atoms. The number of carbonyl (C=O) groups excluding carboxylic acids is 1. The fourth-order valence-electron chi connectivity index (χ4n) is 2.10. The van der Waals surface area contributed by atoms with Crippen molar-refractivity contribution < 1.29 is 34.6 Å². The van der Waals surface area contributed by atoms with Crippen LogP contribution in [0.4, 0.5) is 0 Å². The quantitative estimate of drug-likeness (QED) is 0.749. The van der Waals surface area contributed by atoms with Crippen molar-refractivity contribution in [2.75, 3.05) is 26.0 Å². The maximum absolute atomic E-state index is 13.6. The number of amides is 1. The second-order valence-electron chi connectivity index (χ2n) is 4.89. The first-order valence-electron chi connectivity index (χ1n) is 16.7. The van der Waals surface area contributed by atoms with Crippen LogP contribution in [-0.4, -0.2) is 52.9 Å². The molecule has 0 aromatic carbocycles. The molecule has 1 saturated heterocycles. The number of hydrogen-bond donors (Lipinski definition) is 2. The molecule has 3 rings (SSSR count). The molecule has 0 saturated carbocycles. The van der Waals surface area contributed by atoms with Gasteiger partial charge in [0.2, 0.25) is 0 Å². The Labute approximate surface area is 183 Å². The fourth-order valence-corrected chi connectivity index (χ4v) is 2.87. The maximum atomic E-state index is 13.6. The first-order chi connectivity index (χ1) is 20.0. The summed E-state index contributed by atoms with van der Waals surface area (Å²) in [5.74, 6) is -2.75. The second kappa shape index (κ2) is 8.18. The highest BCUT2D eigenvalue weighted by atomic mass is 32.1. The Hall–Kier alpha value is -1.93. The summed E-state index contributed by atoms with van der Waals surface area (Å²) < 4.78 is 152. The maximum Gasteiger partial charge on any atom is 0.293 e. The lowest BCUT2D eigenvalue weighted by Crippen LogP contribution is -2.36. The average Bonchev–Trinajstić information content (AvgIpc) is 3.24. The highest BCUT2D eigenvalue weighted by molar-refractivity contribution is 7.16. The van der Waals surface area contributed by atoms with E-state index in [0.29, 0.717) is 11.3 Å². The standard InChI is InChI=1S/C18H26N4O3S/c1-12(2)22-17(25)13(15(23)14-18(22)26-11-20-14)16(24)19-7-6-10-21-8-4-3-5-9-21/h11-12,23H,3-10H2,1-2H3,(H,19,24)/i1D3,3D2,4D2,5D2,7D,8D2,9D2,10D,11D,12D/hD2. The zero-order chi connectivity index (χ0) is 35.3. The second-order valence-corrected chi connectivity index (χ2v) is 5.67. The van der Waals surface area contributed by atoms with Crippen LogP contribution < -0.4 is 10.9 Å². The number of hydrogen-bond acceptors (Lipinski definition) is 6. The van der Waals surface area contributed by atoms with E-state index >= 15 is 0 Å². The van der Waals surface area contributed by atoms with Gasteiger partial charge in [-0.05, 0) is 52.5 Å². The number of likely N-dealkylation sites (tertiary alicyclic amines) is 1. The molecule has 7 nitrogen and oxygen atoms in total. The van der Waals surface area contributed by atoms with Crippen molar-refractivity contribution in [3.63, 3.8) is 0 Å². The van der Waals surface area contributed by atoms with Crippen LogP contribution in [-0.2, 0) is 0 Å². The largest absolute Gasteiger partial charge is 0.505 e. The highest BCUT2D eigenvalue weighted by Gasteiger charge is 2.24. The number of aromatic nitrogens is 2. The van der Waals surface area contributed by atoms with Crippen molar-refractivity contribution in [2.24, 2.45) is 0 Å². The molecule has 1 aliphatic heterocycles. The van der Waals surface area contributed by atoms with Crippen LogP contribution in [0.2, 0.25) is 1.41 Å². The van der Waals surface area contributed by atoms with E-state index in [1.807, 2.05) is 0 Å². The summed E-state index contributed by atoms with van der Waals surface area (Å²) in [5, 5.41) is 4.09. The van der Waals surface area contributed by atoms with E-state index in [1.165, 1.54) is 0 Å². The van der Waals surface area contributed by atoms with Crippen molar-refractivity contribution in [1.82, 2.24) is 19.8 Å². The van der Waals surface area contributed by atoms with Gasteiger partial charge < -0.3 is 15.3 Å². The Kier molecular flexibility index (Phi) is 1.98. The number of nitrogens with one attached hydrogen (secondary N) is 1. The Morgan fingerprint density at radius 1 is 1.69 bits per heavy atom. The van der Waals surface area contributed by atoms with Crippen LogP contribution in [0, 0.1) is 0 Å². The molecule has 2 aromatic rings. The van der Waals surface area contributed by atoms with Crippen molar-refractivity contribution in [2.45, 2.75) is 45.3 Å². The number of thiazole rings is 1. The minimum atomic E-state index is -3.78. The topological polar surface area (TPSA) is 87.5 Å². The molecule has 2 N–H and O–H groups in total. The van der Waals surface area contributed by atoms with Gasteiger partial charge in [-0.15, -0.1) is 11.3 Å². The van der Waals surface area contributed by atoms with Gasteiger partial charge in [0.1, 0.15) is 15.9 Å². The number of nitrogens with zero attached hydrogens (tertiary/aromatic N) is 3. The lowest BCUT2D eigenvalue weighted by Gasteiger charge is -2.26. The number of piperidine rings is 1. The van der Waals surface area contributed by atoms with Gasteiger partial charge >= 0.3 is 0 Å². The highest BCUT2D eigenvalue weighted by Crippen LogP contribution is 2.29. The molecule has 0 bridgehead atoms. The van der Waals surface area contributed by atoms with E-state index in [2.05, 4.69) is 10.1 Å². The van der Waals surface area contributed by atoms with E-state index in [0.717, 1.165) is 6.92 Å². The average molecular weight is 398 g/mol. The molecule has 3 unspecified atom stereocenters. The van der Waals surface area contributed by atoms with Gasteiger partial charge in [0.15, 0.2) is 7.16 Å². The summed E-state index contributed by atoms with van der Waals surface area (Å²) in [6.45, 7) is -14.7. The molecule has 26 heavy (non-hydrogen) atoms. The van der Waals surface area contributed by atoms with E-state index < -0.39 is 103 Å². The molecule has 8 heteroatoms. The van der Waals surface area contributed by atoms with Gasteiger partial charge in [-0.2, -0.15) is 0 Å². The third-order valence-electron chi connectivity index (χ3n) is 3.19. The van der Waals surface area contributed by atoms with Gasteiger partial charge in [0, 0.05) is 33.1 Å². The predicted molar refractivity (Wildman–Crippen MR) is 103 cm³/mol. The molecule has 142 valence electrons. The molecule has 1 fully saturated rings. The minimum absolute atomic E-state index is 0.286. The summed E-state index contributed by atoms with van der Waals surface area (Å²) in [6, 6.07) is -2.81. The third-order valence-corrected chi connectivity index (χ3v) is 3.95. The monoisotopic (exact) mass is 397 g/mol. The molecular formula is C18H26N4O3S. The molecule has 1 aliphatic rings. The Bertz CT molecular complexity index is 1520. The summed E-state index contributed by atoms with van der Waals surface area (Å²) in [4.78, 5) is 30.0. The third kappa shape index (κ3) is 3.76. The Morgan fingerprint density at radius 2 is 2.50 bits per heavy atom. The fraction of sp³-hybridized carbons (Fsp3) is 0.611. The van der Waals surface area contributed by atoms with Crippen LogP contribution >= 0.6 is 11.3 Å². The molecular weight excluding hydrogens is 352 g/mol. The van der Waals surface area contributed by atoms with Crippen LogP contribution in [0.25, 0.3) is 10.3 Å². The number of rotatable bonds is 7. The van der Waals surface area contributed by atoms with Gasteiger partial charge in [-0.25, -0.2) is 4.98 Å². The molecule has 2 aromatic heterocycles. The summed E-state index contributed by atoms with van der Waals surface area (Å²) in [6.07, 6.45) is -12.6. The van der Waals surface area contributed by atoms with E-state index in [9.17, 15) is 9.59 Å². The van der Waals surface area contributed by atoms with Crippen LogP contribution in [0.15, 0.2) is 10.3 Å². The van der Waals surface area contributed by atoms with Crippen molar-refractivity contribution in [1.29, 1.82) is 1.43 Å².